The standard InChI is InChI=1S/C14H22F2N6O4S/c1-26-10(18)8(17)9-11(19-5-7(23)24)27-12(20-9)21-13(25)22-4-2-3-14(15,16)6-22/h9-11,17,19H,2-6,18H2,1H3,(H,23,24)(H,20,21,25)/t9-,10?,11?/m1/s1. The van der Waals surface area contributed by atoms with E-state index in [1.54, 1.807) is 0 Å². The summed E-state index contributed by atoms with van der Waals surface area (Å²) in [6, 6.07) is -1.59. The Morgan fingerprint density at radius 1 is 1.59 bits per heavy atom. The van der Waals surface area contributed by atoms with Crippen molar-refractivity contribution in [3.8, 4) is 0 Å². The number of carboxylic acid groups (broad SMARTS) is 1. The lowest BCUT2D eigenvalue weighted by Crippen LogP contribution is -2.50. The smallest absolute Gasteiger partial charge is 0.323 e. The van der Waals surface area contributed by atoms with E-state index in [0.717, 1.165) is 16.7 Å². The van der Waals surface area contributed by atoms with Crippen LogP contribution in [0.25, 0.3) is 0 Å². The summed E-state index contributed by atoms with van der Waals surface area (Å²) in [7, 11) is 1.31. The van der Waals surface area contributed by atoms with E-state index in [0.29, 0.717) is 0 Å². The molecule has 3 atom stereocenters. The average Bonchev–Trinajstić information content (AvgIpc) is 3.00. The highest BCUT2D eigenvalue weighted by atomic mass is 32.2. The van der Waals surface area contributed by atoms with E-state index in [2.05, 4.69) is 15.6 Å². The Balaban J connectivity index is 2.05. The van der Waals surface area contributed by atoms with Crippen molar-refractivity contribution >= 4 is 34.6 Å². The number of aliphatic imine (C=N–C) groups is 1. The predicted octanol–water partition coefficient (Wildman–Crippen LogP) is -0.150. The highest BCUT2D eigenvalue weighted by Gasteiger charge is 2.39. The van der Waals surface area contributed by atoms with E-state index >= 15 is 0 Å². The number of ether oxygens (including phenoxy) is 1. The van der Waals surface area contributed by atoms with E-state index in [9.17, 15) is 18.4 Å². The van der Waals surface area contributed by atoms with Crippen LogP contribution in [-0.2, 0) is 9.53 Å². The summed E-state index contributed by atoms with van der Waals surface area (Å²) in [6.45, 7) is -0.863. The highest BCUT2D eigenvalue weighted by Crippen LogP contribution is 2.28. The first-order chi connectivity index (χ1) is 12.6. The van der Waals surface area contributed by atoms with Gasteiger partial charge in [-0.1, -0.05) is 11.8 Å². The van der Waals surface area contributed by atoms with Crippen LogP contribution in [0.1, 0.15) is 12.8 Å². The van der Waals surface area contributed by atoms with Crippen LogP contribution in [0.3, 0.4) is 0 Å². The Morgan fingerprint density at radius 2 is 2.30 bits per heavy atom. The van der Waals surface area contributed by atoms with Gasteiger partial charge in [0.1, 0.15) is 12.3 Å². The fourth-order valence-electron chi connectivity index (χ4n) is 2.65. The van der Waals surface area contributed by atoms with Crippen molar-refractivity contribution in [3.05, 3.63) is 0 Å². The van der Waals surface area contributed by atoms with Crippen molar-refractivity contribution < 1.29 is 28.2 Å². The SMILES string of the molecule is COC(N)C(=N)[C@H]1N=C(NC(=O)N2CCCC(F)(F)C2)SC1NCC(=O)O. The minimum Gasteiger partial charge on any atom is -0.480 e. The van der Waals surface area contributed by atoms with Gasteiger partial charge in [0.2, 0.25) is 0 Å². The summed E-state index contributed by atoms with van der Waals surface area (Å²) >= 11 is 0.987. The van der Waals surface area contributed by atoms with Gasteiger partial charge in [0, 0.05) is 20.1 Å². The molecule has 0 spiro atoms. The molecular formula is C14H22F2N6O4S. The molecule has 0 radical (unpaired) electrons. The number of thioether (sulfide) groups is 1. The van der Waals surface area contributed by atoms with Crippen molar-refractivity contribution in [1.29, 1.82) is 5.41 Å². The maximum atomic E-state index is 13.5. The van der Waals surface area contributed by atoms with Gasteiger partial charge in [0.05, 0.1) is 24.2 Å². The zero-order valence-electron chi connectivity index (χ0n) is 14.6. The van der Waals surface area contributed by atoms with Crippen LogP contribution in [0.4, 0.5) is 13.6 Å². The number of methoxy groups -OCH3 is 1. The number of alkyl halides is 2. The number of urea groups is 1. The maximum absolute atomic E-state index is 13.5. The monoisotopic (exact) mass is 408 g/mol. The Kier molecular flexibility index (Phi) is 7.08. The molecule has 2 aliphatic heterocycles. The van der Waals surface area contributed by atoms with E-state index in [-0.39, 0.29) is 30.3 Å². The van der Waals surface area contributed by atoms with Crippen molar-refractivity contribution in [1.82, 2.24) is 15.5 Å². The number of nitrogens with two attached hydrogens (primary N) is 1. The molecule has 0 bridgehead atoms. The molecule has 6 N–H and O–H groups in total. The number of piperidine rings is 1. The number of carbonyl (C=O) groups is 2. The molecule has 27 heavy (non-hydrogen) atoms. The molecule has 0 aromatic heterocycles. The third-order valence-electron chi connectivity index (χ3n) is 4.01. The number of amidine groups is 1. The molecule has 10 nitrogen and oxygen atoms in total. The topological polar surface area (TPSA) is 153 Å². The number of amides is 2. The largest absolute Gasteiger partial charge is 0.480 e. The van der Waals surface area contributed by atoms with Crippen LogP contribution in [-0.4, -0.2) is 83.2 Å². The van der Waals surface area contributed by atoms with Gasteiger partial charge in [-0.15, -0.1) is 0 Å². The van der Waals surface area contributed by atoms with Crippen LogP contribution >= 0.6 is 11.8 Å². The summed E-state index contributed by atoms with van der Waals surface area (Å²) in [6.07, 6.45) is -1.12. The Hall–Kier alpha value is -1.83. The molecule has 13 heteroatoms. The Labute approximate surface area is 158 Å². The van der Waals surface area contributed by atoms with Crippen molar-refractivity contribution in [3.63, 3.8) is 0 Å². The second kappa shape index (κ2) is 8.91. The quantitative estimate of drug-likeness (QED) is 0.303. The van der Waals surface area contributed by atoms with Gasteiger partial charge in [-0.3, -0.25) is 20.4 Å². The van der Waals surface area contributed by atoms with Gasteiger partial charge in [-0.25, -0.2) is 13.6 Å². The van der Waals surface area contributed by atoms with Gasteiger partial charge in [-0.2, -0.15) is 0 Å². The van der Waals surface area contributed by atoms with E-state index in [4.69, 9.17) is 21.0 Å². The molecule has 0 aromatic carbocycles. The molecule has 2 heterocycles. The van der Waals surface area contributed by atoms with Gasteiger partial charge >= 0.3 is 12.0 Å². The summed E-state index contributed by atoms with van der Waals surface area (Å²) in [5, 5.41) is 21.4. The number of aliphatic carboxylic acids is 1. The van der Waals surface area contributed by atoms with Crippen LogP contribution in [0.5, 0.6) is 0 Å². The first kappa shape index (κ1) is 21.5. The third kappa shape index (κ3) is 5.82. The second-order valence-electron chi connectivity index (χ2n) is 6.12. The van der Waals surface area contributed by atoms with E-state index < -0.39 is 48.7 Å². The van der Waals surface area contributed by atoms with Crippen LogP contribution < -0.4 is 16.4 Å². The van der Waals surface area contributed by atoms with E-state index in [1.807, 2.05) is 0 Å². The number of carboxylic acids is 1. The van der Waals surface area contributed by atoms with Crippen molar-refractivity contribution in [2.75, 3.05) is 26.7 Å². The summed E-state index contributed by atoms with van der Waals surface area (Å²) in [4.78, 5) is 28.2. The normalized spacial score (nSPS) is 25.6. The fraction of sp³-hybridized carbons (Fsp3) is 0.714. The molecule has 2 rings (SSSR count). The molecular weight excluding hydrogens is 386 g/mol. The summed E-state index contributed by atoms with van der Waals surface area (Å²) in [5.41, 5.74) is 5.55. The Bertz CT molecular complexity index is 635. The molecule has 2 unspecified atom stereocenters. The second-order valence-corrected chi connectivity index (χ2v) is 7.25. The molecule has 152 valence electrons. The molecule has 0 aliphatic carbocycles. The Morgan fingerprint density at radius 3 is 2.89 bits per heavy atom. The van der Waals surface area contributed by atoms with Gasteiger partial charge in [-0.05, 0) is 6.42 Å². The van der Waals surface area contributed by atoms with Gasteiger partial charge in [0.15, 0.2) is 5.17 Å². The molecule has 0 aromatic rings. The van der Waals surface area contributed by atoms with Gasteiger partial charge in [0.25, 0.3) is 5.92 Å². The lowest BCUT2D eigenvalue weighted by Gasteiger charge is -2.32. The molecule has 0 saturated carbocycles. The predicted molar refractivity (Wildman–Crippen MR) is 95.2 cm³/mol. The maximum Gasteiger partial charge on any atom is 0.323 e. The van der Waals surface area contributed by atoms with E-state index in [1.165, 1.54) is 7.11 Å². The lowest BCUT2D eigenvalue weighted by molar-refractivity contribution is -0.136. The zero-order chi connectivity index (χ0) is 20.2. The number of hydrogen-bond donors (Lipinski definition) is 5. The summed E-state index contributed by atoms with van der Waals surface area (Å²) in [5.74, 6) is -4.04. The number of halogens is 2. The van der Waals surface area contributed by atoms with Gasteiger partial charge < -0.3 is 25.9 Å². The van der Waals surface area contributed by atoms with Crippen molar-refractivity contribution in [2.24, 2.45) is 10.7 Å². The average molecular weight is 408 g/mol. The van der Waals surface area contributed by atoms with Crippen molar-refractivity contribution in [2.45, 2.75) is 36.4 Å². The number of nitrogens with one attached hydrogen (secondary N) is 3. The van der Waals surface area contributed by atoms with Crippen LogP contribution in [0, 0.1) is 5.41 Å². The zero-order valence-corrected chi connectivity index (χ0v) is 15.4. The highest BCUT2D eigenvalue weighted by molar-refractivity contribution is 8.14. The minimum absolute atomic E-state index is 0.0924. The number of likely N-dealkylation sites (tertiary alicyclic amines) is 1. The lowest BCUT2D eigenvalue weighted by atomic mass is 10.1. The minimum atomic E-state index is -2.93. The first-order valence-electron chi connectivity index (χ1n) is 8.13. The summed E-state index contributed by atoms with van der Waals surface area (Å²) < 4.78 is 31.9. The van der Waals surface area contributed by atoms with Crippen LogP contribution in [0.2, 0.25) is 0 Å². The fourth-order valence-corrected chi connectivity index (χ4v) is 3.71. The number of rotatable bonds is 6. The number of nitrogens with zero attached hydrogens (tertiary/aromatic N) is 2. The molecule has 1 saturated heterocycles. The molecule has 2 aliphatic rings. The molecule has 1 fully saturated rings. The van der Waals surface area contributed by atoms with Crippen LogP contribution in [0.15, 0.2) is 4.99 Å². The third-order valence-corrected chi connectivity index (χ3v) is 5.12. The molecule has 2 amide bonds. The number of hydrogen-bond acceptors (Lipinski definition) is 8. The first-order valence-corrected chi connectivity index (χ1v) is 9.01. The number of carbonyl (C=O) groups excluding carboxylic acids is 1.